The molecule has 0 aliphatic carbocycles. The van der Waals surface area contributed by atoms with Crippen molar-refractivity contribution in [2.45, 2.75) is 13.0 Å². The van der Waals surface area contributed by atoms with E-state index in [4.69, 9.17) is 4.74 Å². The van der Waals surface area contributed by atoms with Crippen LogP contribution in [0.4, 0.5) is 0 Å². The standard InChI is InChI=1S/C11H12N2O2S/c1-2-15-9-5-3-8(4-6-9)11(14)10-7-12-13-16-10/h3-7,11,14H,2H2,1H3. The van der Waals surface area contributed by atoms with Gasteiger partial charge in [0.15, 0.2) is 0 Å². The fourth-order valence-corrected chi connectivity index (χ4v) is 1.89. The van der Waals surface area contributed by atoms with E-state index in [0.717, 1.165) is 16.2 Å². The monoisotopic (exact) mass is 236 g/mol. The van der Waals surface area contributed by atoms with Gasteiger partial charge in [0.25, 0.3) is 0 Å². The molecule has 0 aliphatic rings. The first-order valence-electron chi connectivity index (χ1n) is 4.99. The Labute approximate surface area is 97.7 Å². The Morgan fingerprint density at radius 2 is 2.12 bits per heavy atom. The molecule has 4 nitrogen and oxygen atoms in total. The summed E-state index contributed by atoms with van der Waals surface area (Å²) in [6.45, 7) is 2.58. The molecule has 0 fully saturated rings. The van der Waals surface area contributed by atoms with Gasteiger partial charge >= 0.3 is 0 Å². The topological polar surface area (TPSA) is 55.2 Å². The second-order valence-electron chi connectivity index (χ2n) is 3.22. The lowest BCUT2D eigenvalue weighted by molar-refractivity contribution is 0.223. The fourth-order valence-electron chi connectivity index (χ4n) is 1.37. The van der Waals surface area contributed by atoms with Crippen molar-refractivity contribution in [2.24, 2.45) is 0 Å². The number of benzene rings is 1. The summed E-state index contributed by atoms with van der Waals surface area (Å²) < 4.78 is 9.05. The molecule has 1 N–H and O–H groups in total. The third-order valence-corrected chi connectivity index (χ3v) is 2.87. The van der Waals surface area contributed by atoms with Gasteiger partial charge in [-0.15, -0.1) is 5.10 Å². The van der Waals surface area contributed by atoms with Crippen LogP contribution in [0.1, 0.15) is 23.5 Å². The quantitative estimate of drug-likeness (QED) is 0.882. The van der Waals surface area contributed by atoms with Crippen LogP contribution < -0.4 is 4.74 Å². The first-order valence-corrected chi connectivity index (χ1v) is 5.76. The van der Waals surface area contributed by atoms with Gasteiger partial charge < -0.3 is 9.84 Å². The lowest BCUT2D eigenvalue weighted by Gasteiger charge is -2.09. The van der Waals surface area contributed by atoms with Gasteiger partial charge in [-0.25, -0.2) is 0 Å². The van der Waals surface area contributed by atoms with E-state index in [0.29, 0.717) is 6.61 Å². The largest absolute Gasteiger partial charge is 0.494 e. The van der Waals surface area contributed by atoms with Crippen LogP contribution in [0.2, 0.25) is 0 Å². The lowest BCUT2D eigenvalue weighted by Crippen LogP contribution is -1.97. The van der Waals surface area contributed by atoms with E-state index in [1.54, 1.807) is 6.20 Å². The first-order chi connectivity index (χ1) is 7.81. The van der Waals surface area contributed by atoms with E-state index < -0.39 is 6.10 Å². The van der Waals surface area contributed by atoms with Crippen molar-refractivity contribution >= 4 is 11.5 Å². The zero-order valence-electron chi connectivity index (χ0n) is 8.83. The summed E-state index contributed by atoms with van der Waals surface area (Å²) in [5, 5.41) is 13.7. The minimum absolute atomic E-state index is 0.640. The molecule has 0 radical (unpaired) electrons. The molecule has 0 bridgehead atoms. The van der Waals surface area contributed by atoms with E-state index >= 15 is 0 Å². The van der Waals surface area contributed by atoms with Crippen molar-refractivity contribution in [3.63, 3.8) is 0 Å². The minimum atomic E-state index is -0.657. The molecule has 1 atom stereocenters. The van der Waals surface area contributed by atoms with Crippen molar-refractivity contribution in [1.29, 1.82) is 0 Å². The van der Waals surface area contributed by atoms with Gasteiger partial charge in [0, 0.05) is 0 Å². The number of ether oxygens (including phenoxy) is 1. The van der Waals surface area contributed by atoms with Crippen molar-refractivity contribution in [3.05, 3.63) is 40.9 Å². The molecular formula is C11H12N2O2S. The van der Waals surface area contributed by atoms with Crippen LogP contribution >= 0.6 is 11.5 Å². The molecule has 0 aliphatic heterocycles. The third-order valence-electron chi connectivity index (χ3n) is 2.15. The molecule has 0 saturated carbocycles. The molecule has 2 rings (SSSR count). The van der Waals surface area contributed by atoms with Gasteiger partial charge in [0.2, 0.25) is 0 Å². The highest BCUT2D eigenvalue weighted by molar-refractivity contribution is 7.05. The van der Waals surface area contributed by atoms with Gasteiger partial charge in [-0.2, -0.15) is 0 Å². The van der Waals surface area contributed by atoms with Crippen molar-refractivity contribution in [1.82, 2.24) is 9.59 Å². The molecule has 1 heterocycles. The molecule has 16 heavy (non-hydrogen) atoms. The highest BCUT2D eigenvalue weighted by Gasteiger charge is 2.12. The SMILES string of the molecule is CCOc1ccc(C(O)c2cnns2)cc1. The molecule has 84 valence electrons. The summed E-state index contributed by atoms with van der Waals surface area (Å²) in [7, 11) is 0. The molecule has 1 aromatic heterocycles. The van der Waals surface area contributed by atoms with Crippen LogP contribution in [0, 0.1) is 0 Å². The molecule has 1 aromatic carbocycles. The Morgan fingerprint density at radius 3 is 2.69 bits per heavy atom. The van der Waals surface area contributed by atoms with E-state index in [2.05, 4.69) is 9.59 Å². The number of hydrogen-bond donors (Lipinski definition) is 1. The van der Waals surface area contributed by atoms with E-state index in [9.17, 15) is 5.11 Å². The second-order valence-corrected chi connectivity index (χ2v) is 4.04. The average molecular weight is 236 g/mol. The highest BCUT2D eigenvalue weighted by Crippen LogP contribution is 2.25. The Hall–Kier alpha value is -1.46. The number of nitrogens with zero attached hydrogens (tertiary/aromatic N) is 2. The van der Waals surface area contributed by atoms with Crippen molar-refractivity contribution in [3.8, 4) is 5.75 Å². The van der Waals surface area contributed by atoms with Gasteiger partial charge in [-0.3, -0.25) is 0 Å². The maximum Gasteiger partial charge on any atom is 0.119 e. The van der Waals surface area contributed by atoms with Crippen LogP contribution in [0.25, 0.3) is 0 Å². The molecule has 0 saturated heterocycles. The van der Waals surface area contributed by atoms with Crippen LogP contribution in [-0.2, 0) is 0 Å². The number of rotatable bonds is 4. The zero-order valence-corrected chi connectivity index (χ0v) is 9.65. The Balaban J connectivity index is 2.15. The molecule has 0 spiro atoms. The molecular weight excluding hydrogens is 224 g/mol. The molecule has 1 unspecified atom stereocenters. The van der Waals surface area contributed by atoms with Crippen LogP contribution in [0.15, 0.2) is 30.5 Å². The summed E-state index contributed by atoms with van der Waals surface area (Å²) in [4.78, 5) is 0.740. The Morgan fingerprint density at radius 1 is 1.38 bits per heavy atom. The van der Waals surface area contributed by atoms with Crippen LogP contribution in [-0.4, -0.2) is 21.3 Å². The number of aliphatic hydroxyl groups is 1. The maximum atomic E-state index is 9.99. The van der Waals surface area contributed by atoms with E-state index in [-0.39, 0.29) is 0 Å². The highest BCUT2D eigenvalue weighted by atomic mass is 32.1. The summed E-state index contributed by atoms with van der Waals surface area (Å²) in [5.74, 6) is 0.806. The predicted octanol–water partition coefficient (Wildman–Crippen LogP) is 2.02. The Bertz CT molecular complexity index is 428. The number of hydrogen-bond acceptors (Lipinski definition) is 5. The van der Waals surface area contributed by atoms with Gasteiger partial charge in [-0.05, 0) is 36.2 Å². The number of aromatic nitrogens is 2. The maximum absolute atomic E-state index is 9.99. The molecule has 0 amide bonds. The normalized spacial score (nSPS) is 12.4. The van der Waals surface area contributed by atoms with Crippen molar-refractivity contribution in [2.75, 3.05) is 6.61 Å². The fraction of sp³-hybridized carbons (Fsp3) is 0.273. The summed E-state index contributed by atoms with van der Waals surface area (Å²) >= 11 is 1.20. The third kappa shape index (κ3) is 2.37. The second kappa shape index (κ2) is 5.05. The first kappa shape index (κ1) is 11.0. The number of aliphatic hydroxyl groups excluding tert-OH is 1. The van der Waals surface area contributed by atoms with Gasteiger partial charge in [0.05, 0.1) is 17.7 Å². The predicted molar refractivity (Wildman–Crippen MR) is 61.6 cm³/mol. The van der Waals surface area contributed by atoms with Crippen molar-refractivity contribution < 1.29 is 9.84 Å². The molecule has 5 heteroatoms. The minimum Gasteiger partial charge on any atom is -0.494 e. The lowest BCUT2D eigenvalue weighted by atomic mass is 10.1. The summed E-state index contributed by atoms with van der Waals surface area (Å²) in [6.07, 6.45) is 0.918. The van der Waals surface area contributed by atoms with Gasteiger partial charge in [0.1, 0.15) is 11.9 Å². The zero-order chi connectivity index (χ0) is 11.4. The van der Waals surface area contributed by atoms with E-state index in [1.807, 2.05) is 31.2 Å². The van der Waals surface area contributed by atoms with E-state index in [1.165, 1.54) is 11.5 Å². The summed E-state index contributed by atoms with van der Waals surface area (Å²) in [5.41, 5.74) is 0.814. The van der Waals surface area contributed by atoms with Crippen LogP contribution in [0.3, 0.4) is 0 Å². The van der Waals surface area contributed by atoms with Crippen LogP contribution in [0.5, 0.6) is 5.75 Å². The Kier molecular flexibility index (Phi) is 3.48. The summed E-state index contributed by atoms with van der Waals surface area (Å²) in [6, 6.07) is 7.37. The van der Waals surface area contributed by atoms with Gasteiger partial charge in [-0.1, -0.05) is 16.6 Å². The average Bonchev–Trinajstić information content (AvgIpc) is 2.83. The smallest absolute Gasteiger partial charge is 0.119 e. The molecule has 2 aromatic rings.